The van der Waals surface area contributed by atoms with E-state index in [-0.39, 0.29) is 16.3 Å². The molecule has 0 radical (unpaired) electrons. The lowest BCUT2D eigenvalue weighted by Crippen LogP contribution is -2.13. The van der Waals surface area contributed by atoms with E-state index in [1.165, 1.54) is 56.0 Å². The highest BCUT2D eigenvalue weighted by molar-refractivity contribution is 5.84. The zero-order valence-corrected chi connectivity index (χ0v) is 17.8. The van der Waals surface area contributed by atoms with Crippen LogP contribution in [-0.2, 0) is 6.42 Å². The van der Waals surface area contributed by atoms with E-state index in [2.05, 4.69) is 18.8 Å². The van der Waals surface area contributed by atoms with Crippen LogP contribution in [0.4, 0.5) is 22.0 Å². The van der Waals surface area contributed by atoms with E-state index >= 15 is 0 Å². The fourth-order valence-corrected chi connectivity index (χ4v) is 4.40. The fourth-order valence-electron chi connectivity index (χ4n) is 4.40. The van der Waals surface area contributed by atoms with Gasteiger partial charge in [0.2, 0.25) is 0 Å². The second kappa shape index (κ2) is 9.32. The largest absolute Gasteiger partial charge is 0.206 e. The molecule has 0 amide bonds. The van der Waals surface area contributed by atoms with Crippen molar-refractivity contribution in [1.82, 2.24) is 0 Å². The smallest absolute Gasteiger partial charge is 0.195 e. The predicted molar refractivity (Wildman–Crippen MR) is 116 cm³/mol. The Kier molecular flexibility index (Phi) is 6.50. The van der Waals surface area contributed by atoms with Crippen LogP contribution in [0.5, 0.6) is 0 Å². The molecule has 0 aromatic heterocycles. The van der Waals surface area contributed by atoms with Crippen molar-refractivity contribution in [2.45, 2.75) is 45.4 Å². The van der Waals surface area contributed by atoms with Crippen LogP contribution in [0.1, 0.15) is 55.7 Å². The number of benzene rings is 3. The molecule has 1 fully saturated rings. The highest BCUT2D eigenvalue weighted by Crippen LogP contribution is 2.31. The molecule has 4 rings (SSSR count). The first-order valence-electron chi connectivity index (χ1n) is 10.9. The Bertz CT molecular complexity index is 1190. The lowest BCUT2D eigenvalue weighted by atomic mass is 9.80. The third-order valence-electron chi connectivity index (χ3n) is 6.38. The van der Waals surface area contributed by atoms with Gasteiger partial charge in [0.25, 0.3) is 0 Å². The molecule has 32 heavy (non-hydrogen) atoms. The Morgan fingerprint density at radius 2 is 1.47 bits per heavy atom. The average Bonchev–Trinajstić information content (AvgIpc) is 2.76. The highest BCUT2D eigenvalue weighted by Gasteiger charge is 2.19. The summed E-state index contributed by atoms with van der Waals surface area (Å²) < 4.78 is 69.8. The lowest BCUT2D eigenvalue weighted by molar-refractivity contribution is 0.277. The maximum absolute atomic E-state index is 14.6. The summed E-state index contributed by atoms with van der Waals surface area (Å²) in [6.45, 7) is 2.26. The molecule has 0 atom stereocenters. The SMILES string of the molecule is CC1CCC(CCc2cc(F)c(C#Cc3ccc4c(F)c(F)c(F)cc4c3)c(F)c2)CC1. The molecule has 0 unspecified atom stereocenters. The number of halogens is 5. The Hall–Kier alpha value is -2.87. The first-order chi connectivity index (χ1) is 15.3. The lowest BCUT2D eigenvalue weighted by Gasteiger charge is -2.26. The van der Waals surface area contributed by atoms with Gasteiger partial charge in [-0.1, -0.05) is 50.5 Å². The molecule has 0 nitrogen and oxygen atoms in total. The van der Waals surface area contributed by atoms with Gasteiger partial charge < -0.3 is 0 Å². The van der Waals surface area contributed by atoms with Crippen molar-refractivity contribution in [3.05, 3.63) is 82.2 Å². The summed E-state index contributed by atoms with van der Waals surface area (Å²) in [6.07, 6.45) is 6.31. The van der Waals surface area contributed by atoms with Gasteiger partial charge in [0.05, 0.1) is 5.56 Å². The quantitative estimate of drug-likeness (QED) is 0.222. The van der Waals surface area contributed by atoms with Crippen LogP contribution in [-0.4, -0.2) is 0 Å². The molecule has 0 spiro atoms. The van der Waals surface area contributed by atoms with Crippen LogP contribution >= 0.6 is 0 Å². The number of aryl methyl sites for hydroxylation is 1. The van der Waals surface area contributed by atoms with E-state index in [0.717, 1.165) is 18.4 Å². The second-order valence-electron chi connectivity index (χ2n) is 8.77. The van der Waals surface area contributed by atoms with Gasteiger partial charge in [-0.15, -0.1) is 0 Å². The van der Waals surface area contributed by atoms with Crippen molar-refractivity contribution in [2.75, 3.05) is 0 Å². The molecular weight excluding hydrogens is 419 g/mol. The molecule has 0 aliphatic heterocycles. The van der Waals surface area contributed by atoms with Gasteiger partial charge in [0.1, 0.15) is 11.6 Å². The van der Waals surface area contributed by atoms with Crippen LogP contribution in [0.3, 0.4) is 0 Å². The van der Waals surface area contributed by atoms with Crippen LogP contribution in [0.2, 0.25) is 0 Å². The maximum Gasteiger partial charge on any atom is 0.195 e. The standard InChI is InChI=1S/C27H23F5/c1-16-2-4-17(5-3-16)6-7-19-13-23(28)22(24(29)14-19)11-9-18-8-10-21-20(12-18)15-25(30)27(32)26(21)31/h8,10,12-17H,2-7H2,1H3. The summed E-state index contributed by atoms with van der Waals surface area (Å²) in [4.78, 5) is 0. The molecule has 1 aliphatic carbocycles. The molecular formula is C27H23F5. The predicted octanol–water partition coefficient (Wildman–Crippen LogP) is 7.69. The van der Waals surface area contributed by atoms with E-state index in [1.54, 1.807) is 0 Å². The highest BCUT2D eigenvalue weighted by atomic mass is 19.2. The van der Waals surface area contributed by atoms with Crippen molar-refractivity contribution >= 4 is 10.8 Å². The van der Waals surface area contributed by atoms with Crippen LogP contribution in [0.15, 0.2) is 36.4 Å². The van der Waals surface area contributed by atoms with E-state index in [1.807, 2.05) is 0 Å². The third kappa shape index (κ3) is 4.80. The molecule has 3 aromatic rings. The minimum absolute atomic E-state index is 0.0939. The first-order valence-corrected chi connectivity index (χ1v) is 10.9. The summed E-state index contributed by atoms with van der Waals surface area (Å²) in [5, 5.41) is 0.0187. The zero-order valence-electron chi connectivity index (χ0n) is 17.8. The van der Waals surface area contributed by atoms with E-state index in [9.17, 15) is 22.0 Å². The van der Waals surface area contributed by atoms with Crippen LogP contribution in [0, 0.1) is 52.8 Å². The van der Waals surface area contributed by atoms with Crippen molar-refractivity contribution in [3.63, 3.8) is 0 Å². The number of hydrogen-bond donors (Lipinski definition) is 0. The summed E-state index contributed by atoms with van der Waals surface area (Å²) in [5.74, 6) is 0.876. The molecule has 166 valence electrons. The Balaban J connectivity index is 1.52. The Labute approximate surface area is 184 Å². The van der Waals surface area contributed by atoms with Gasteiger partial charge in [-0.25, -0.2) is 22.0 Å². The zero-order chi connectivity index (χ0) is 22.8. The number of hydrogen-bond acceptors (Lipinski definition) is 0. The summed E-state index contributed by atoms with van der Waals surface area (Å²) in [5.41, 5.74) is 0.567. The Morgan fingerprint density at radius 3 is 2.16 bits per heavy atom. The second-order valence-corrected chi connectivity index (χ2v) is 8.77. The molecule has 1 saturated carbocycles. The maximum atomic E-state index is 14.6. The monoisotopic (exact) mass is 442 g/mol. The summed E-state index contributed by atoms with van der Waals surface area (Å²) >= 11 is 0. The topological polar surface area (TPSA) is 0 Å². The average molecular weight is 442 g/mol. The third-order valence-corrected chi connectivity index (χ3v) is 6.38. The van der Waals surface area contributed by atoms with E-state index < -0.39 is 29.1 Å². The minimum atomic E-state index is -1.54. The molecule has 0 saturated heterocycles. The van der Waals surface area contributed by atoms with Gasteiger partial charge in [-0.3, -0.25) is 0 Å². The van der Waals surface area contributed by atoms with Crippen LogP contribution < -0.4 is 0 Å². The van der Waals surface area contributed by atoms with Crippen molar-refractivity contribution in [3.8, 4) is 11.8 Å². The van der Waals surface area contributed by atoms with Crippen molar-refractivity contribution in [2.24, 2.45) is 11.8 Å². The van der Waals surface area contributed by atoms with Gasteiger partial charge in [-0.2, -0.15) is 0 Å². The minimum Gasteiger partial charge on any atom is -0.206 e. The Morgan fingerprint density at radius 1 is 0.781 bits per heavy atom. The molecule has 1 aliphatic rings. The first kappa shape index (κ1) is 22.3. The van der Waals surface area contributed by atoms with Crippen molar-refractivity contribution in [1.29, 1.82) is 0 Å². The van der Waals surface area contributed by atoms with Gasteiger partial charge in [0, 0.05) is 10.9 Å². The summed E-state index contributed by atoms with van der Waals surface area (Å²) in [7, 11) is 0. The van der Waals surface area contributed by atoms with Gasteiger partial charge in [-0.05, 0) is 66.0 Å². The molecule has 0 bridgehead atoms. The van der Waals surface area contributed by atoms with Crippen LogP contribution in [0.25, 0.3) is 10.8 Å². The molecule has 0 N–H and O–H groups in total. The fraction of sp³-hybridized carbons (Fsp3) is 0.333. The van der Waals surface area contributed by atoms with E-state index in [4.69, 9.17) is 0 Å². The summed E-state index contributed by atoms with van der Waals surface area (Å²) in [6, 6.07) is 7.52. The molecule has 3 aromatic carbocycles. The van der Waals surface area contributed by atoms with Crippen molar-refractivity contribution < 1.29 is 22.0 Å². The number of rotatable bonds is 3. The van der Waals surface area contributed by atoms with Gasteiger partial charge in [0.15, 0.2) is 17.5 Å². The normalized spacial score (nSPS) is 18.4. The van der Waals surface area contributed by atoms with E-state index in [0.29, 0.717) is 23.5 Å². The van der Waals surface area contributed by atoms with Gasteiger partial charge >= 0.3 is 0 Å². The number of fused-ring (bicyclic) bond motifs is 1. The molecule has 0 heterocycles. The molecule has 5 heteroatoms.